The van der Waals surface area contributed by atoms with E-state index in [4.69, 9.17) is 0 Å². The van der Waals surface area contributed by atoms with Crippen molar-refractivity contribution in [1.82, 2.24) is 0 Å². The van der Waals surface area contributed by atoms with Gasteiger partial charge >= 0.3 is 0 Å². The molecule has 0 spiro atoms. The molecule has 0 saturated heterocycles. The highest BCUT2D eigenvalue weighted by Gasteiger charge is 1.63. The Morgan fingerprint density at radius 2 is 1.67 bits per heavy atom. The molecule has 2 nitrogen and oxygen atoms in total. The SMILES string of the molecule is C=CCC.COCOC. The van der Waals surface area contributed by atoms with Crippen LogP contribution in [0, 0.1) is 0 Å². The van der Waals surface area contributed by atoms with Gasteiger partial charge < -0.3 is 9.47 Å². The summed E-state index contributed by atoms with van der Waals surface area (Å²) in [5.41, 5.74) is 0. The van der Waals surface area contributed by atoms with E-state index in [2.05, 4.69) is 23.0 Å². The zero-order valence-corrected chi connectivity index (χ0v) is 6.52. The monoisotopic (exact) mass is 132 g/mol. The van der Waals surface area contributed by atoms with Crippen LogP contribution < -0.4 is 0 Å². The maximum absolute atomic E-state index is 4.47. The van der Waals surface area contributed by atoms with Gasteiger partial charge in [0, 0.05) is 14.2 Å². The number of rotatable bonds is 3. The third kappa shape index (κ3) is 34.7. The van der Waals surface area contributed by atoms with E-state index in [1.807, 2.05) is 6.08 Å². The Balaban J connectivity index is 0. The van der Waals surface area contributed by atoms with Crippen molar-refractivity contribution < 1.29 is 9.47 Å². The zero-order valence-electron chi connectivity index (χ0n) is 6.52. The largest absolute Gasteiger partial charge is 0.359 e. The van der Waals surface area contributed by atoms with Gasteiger partial charge in [-0.05, 0) is 6.42 Å². The molecule has 0 atom stereocenters. The van der Waals surface area contributed by atoms with Crippen molar-refractivity contribution in [3.8, 4) is 0 Å². The highest BCUT2D eigenvalue weighted by atomic mass is 16.6. The Hall–Kier alpha value is -0.340. The molecule has 0 aromatic heterocycles. The van der Waals surface area contributed by atoms with E-state index in [1.54, 1.807) is 14.2 Å². The van der Waals surface area contributed by atoms with Crippen LogP contribution in [0.1, 0.15) is 13.3 Å². The molecule has 2 heteroatoms. The van der Waals surface area contributed by atoms with Crippen molar-refractivity contribution in [1.29, 1.82) is 0 Å². The van der Waals surface area contributed by atoms with E-state index in [1.165, 1.54) is 0 Å². The minimum absolute atomic E-state index is 0.389. The number of ether oxygens (including phenoxy) is 2. The number of hydrogen-bond donors (Lipinski definition) is 0. The molecule has 56 valence electrons. The number of hydrogen-bond acceptors (Lipinski definition) is 2. The fourth-order valence-electron chi connectivity index (χ4n) is 0.118. The van der Waals surface area contributed by atoms with Crippen LogP contribution in [-0.4, -0.2) is 21.0 Å². The van der Waals surface area contributed by atoms with Crippen LogP contribution in [0.4, 0.5) is 0 Å². The summed E-state index contributed by atoms with van der Waals surface area (Å²) in [6.45, 7) is 5.93. The van der Waals surface area contributed by atoms with Gasteiger partial charge in [0.15, 0.2) is 0 Å². The van der Waals surface area contributed by atoms with Gasteiger partial charge in [0.25, 0.3) is 0 Å². The van der Waals surface area contributed by atoms with Crippen LogP contribution in [0.3, 0.4) is 0 Å². The number of allylic oxidation sites excluding steroid dienone is 1. The first-order valence-corrected chi connectivity index (χ1v) is 2.92. The van der Waals surface area contributed by atoms with Gasteiger partial charge in [-0.15, -0.1) is 6.58 Å². The van der Waals surface area contributed by atoms with Crippen molar-refractivity contribution in [3.05, 3.63) is 12.7 Å². The van der Waals surface area contributed by atoms with E-state index in [0.29, 0.717) is 6.79 Å². The Kier molecular flexibility index (Phi) is 19.9. The molecule has 0 heterocycles. The first kappa shape index (κ1) is 11.5. The first-order chi connectivity index (χ1) is 4.33. The Morgan fingerprint density at radius 1 is 1.33 bits per heavy atom. The van der Waals surface area contributed by atoms with Gasteiger partial charge in [-0.2, -0.15) is 0 Å². The number of methoxy groups -OCH3 is 2. The maximum Gasteiger partial charge on any atom is 0.145 e. The minimum atomic E-state index is 0.389. The average Bonchev–Trinajstić information content (AvgIpc) is 1.91. The van der Waals surface area contributed by atoms with Crippen LogP contribution in [0.25, 0.3) is 0 Å². The molecule has 0 radical (unpaired) electrons. The summed E-state index contributed by atoms with van der Waals surface area (Å²) < 4.78 is 8.94. The summed E-state index contributed by atoms with van der Waals surface area (Å²) in [4.78, 5) is 0. The van der Waals surface area contributed by atoms with Crippen molar-refractivity contribution in [2.24, 2.45) is 0 Å². The second kappa shape index (κ2) is 15.6. The highest BCUT2D eigenvalue weighted by molar-refractivity contribution is 4.60. The molecule has 0 saturated carbocycles. The summed E-state index contributed by atoms with van der Waals surface area (Å²) >= 11 is 0. The molecule has 9 heavy (non-hydrogen) atoms. The zero-order chi connectivity index (χ0) is 7.54. The van der Waals surface area contributed by atoms with Crippen molar-refractivity contribution in [2.45, 2.75) is 13.3 Å². The fraction of sp³-hybridized carbons (Fsp3) is 0.714. The van der Waals surface area contributed by atoms with Crippen LogP contribution in [-0.2, 0) is 9.47 Å². The molecule has 0 unspecified atom stereocenters. The molecular weight excluding hydrogens is 116 g/mol. The Bertz CT molecular complexity index is 42.2. The second-order valence-electron chi connectivity index (χ2n) is 1.39. The van der Waals surface area contributed by atoms with Crippen molar-refractivity contribution >= 4 is 0 Å². The molecule has 0 aromatic rings. The molecule has 0 aliphatic heterocycles. The minimum Gasteiger partial charge on any atom is -0.359 e. The Labute approximate surface area is 57.5 Å². The lowest BCUT2D eigenvalue weighted by Gasteiger charge is -1.87. The van der Waals surface area contributed by atoms with E-state index in [0.717, 1.165) is 6.42 Å². The molecule has 0 aliphatic rings. The average molecular weight is 132 g/mol. The maximum atomic E-state index is 4.47. The van der Waals surface area contributed by atoms with E-state index < -0.39 is 0 Å². The molecule has 0 fully saturated rings. The first-order valence-electron chi connectivity index (χ1n) is 2.92. The molecule has 0 bridgehead atoms. The van der Waals surface area contributed by atoms with Crippen molar-refractivity contribution in [2.75, 3.05) is 21.0 Å². The summed E-state index contributed by atoms with van der Waals surface area (Å²) in [6.07, 6.45) is 2.96. The topological polar surface area (TPSA) is 18.5 Å². The smallest absolute Gasteiger partial charge is 0.145 e. The second-order valence-corrected chi connectivity index (χ2v) is 1.39. The molecule has 0 aliphatic carbocycles. The van der Waals surface area contributed by atoms with Crippen LogP contribution >= 0.6 is 0 Å². The van der Waals surface area contributed by atoms with E-state index >= 15 is 0 Å². The quantitative estimate of drug-likeness (QED) is 0.431. The molecule has 0 N–H and O–H groups in total. The lowest BCUT2D eigenvalue weighted by molar-refractivity contribution is -0.00271. The van der Waals surface area contributed by atoms with Gasteiger partial charge in [0.05, 0.1) is 0 Å². The molecule has 0 rings (SSSR count). The normalized spacial score (nSPS) is 7.44. The van der Waals surface area contributed by atoms with Gasteiger partial charge in [0.1, 0.15) is 6.79 Å². The summed E-state index contributed by atoms with van der Waals surface area (Å²) in [7, 11) is 3.17. The van der Waals surface area contributed by atoms with Crippen LogP contribution in [0.5, 0.6) is 0 Å². The summed E-state index contributed by atoms with van der Waals surface area (Å²) in [6, 6.07) is 0. The van der Waals surface area contributed by atoms with Gasteiger partial charge in [-0.1, -0.05) is 13.0 Å². The van der Waals surface area contributed by atoms with Crippen LogP contribution in [0.2, 0.25) is 0 Å². The van der Waals surface area contributed by atoms with Crippen molar-refractivity contribution in [3.63, 3.8) is 0 Å². The predicted molar refractivity (Wildman–Crippen MR) is 39.4 cm³/mol. The van der Waals surface area contributed by atoms with E-state index in [9.17, 15) is 0 Å². The highest BCUT2D eigenvalue weighted by Crippen LogP contribution is 1.66. The van der Waals surface area contributed by atoms with Crippen LogP contribution in [0.15, 0.2) is 12.7 Å². The Morgan fingerprint density at radius 3 is 1.67 bits per heavy atom. The van der Waals surface area contributed by atoms with Gasteiger partial charge in [-0.3, -0.25) is 0 Å². The molecule has 0 amide bonds. The predicted octanol–water partition coefficient (Wildman–Crippen LogP) is 1.82. The van der Waals surface area contributed by atoms with Gasteiger partial charge in [-0.25, -0.2) is 0 Å². The van der Waals surface area contributed by atoms with E-state index in [-0.39, 0.29) is 0 Å². The fourth-order valence-corrected chi connectivity index (χ4v) is 0.118. The van der Waals surface area contributed by atoms with Gasteiger partial charge in [0.2, 0.25) is 0 Å². The lowest BCUT2D eigenvalue weighted by Crippen LogP contribution is -1.87. The third-order valence-electron chi connectivity index (χ3n) is 0.524. The lowest BCUT2D eigenvalue weighted by atomic mass is 10.5. The standard InChI is InChI=1S/C4H8.C3H8O2/c1-3-4-2;1-4-3-5-2/h3H,1,4H2,2H3;3H2,1-2H3. The summed E-state index contributed by atoms with van der Waals surface area (Å²) in [5.74, 6) is 0. The molecular formula is C7H16O2. The molecule has 0 aromatic carbocycles. The third-order valence-corrected chi connectivity index (χ3v) is 0.524. The summed E-state index contributed by atoms with van der Waals surface area (Å²) in [5, 5.41) is 0.